The molecule has 0 aliphatic heterocycles. The van der Waals surface area contributed by atoms with Crippen LogP contribution in [0.2, 0.25) is 0 Å². The monoisotopic (exact) mass is 196 g/mol. The van der Waals surface area contributed by atoms with Crippen LogP contribution in [0.4, 0.5) is 0 Å². The van der Waals surface area contributed by atoms with Gasteiger partial charge < -0.3 is 5.32 Å². The van der Waals surface area contributed by atoms with Crippen LogP contribution < -0.4 is 5.32 Å². The Labute approximate surface area is 85.7 Å². The van der Waals surface area contributed by atoms with Crippen molar-refractivity contribution in [2.24, 2.45) is 13.0 Å². The van der Waals surface area contributed by atoms with Crippen LogP contribution in [0, 0.1) is 5.92 Å². The Balaban J connectivity index is 2.22. The van der Waals surface area contributed by atoms with E-state index in [0.717, 1.165) is 18.8 Å². The van der Waals surface area contributed by atoms with Gasteiger partial charge in [-0.1, -0.05) is 13.8 Å². The lowest BCUT2D eigenvalue weighted by molar-refractivity contribution is 0.428. The molecular formula is C10H20N4. The van der Waals surface area contributed by atoms with Gasteiger partial charge >= 0.3 is 0 Å². The average Bonchev–Trinajstić information content (AvgIpc) is 2.51. The Morgan fingerprint density at radius 3 is 2.64 bits per heavy atom. The summed E-state index contributed by atoms with van der Waals surface area (Å²) in [5.41, 5.74) is 0. The summed E-state index contributed by atoms with van der Waals surface area (Å²) < 4.78 is 1.74. The van der Waals surface area contributed by atoms with Gasteiger partial charge in [0.05, 0.1) is 0 Å². The van der Waals surface area contributed by atoms with Crippen molar-refractivity contribution in [3.63, 3.8) is 0 Å². The van der Waals surface area contributed by atoms with Gasteiger partial charge in [0.25, 0.3) is 0 Å². The SMILES string of the molecule is CC(C)C(C)NCCc1ncn(C)n1. The number of aromatic nitrogens is 3. The molecule has 0 saturated carbocycles. The Morgan fingerprint density at radius 1 is 1.43 bits per heavy atom. The van der Waals surface area contributed by atoms with Crippen LogP contribution in [-0.4, -0.2) is 27.4 Å². The minimum Gasteiger partial charge on any atom is -0.314 e. The van der Waals surface area contributed by atoms with Crippen molar-refractivity contribution in [2.45, 2.75) is 33.2 Å². The molecule has 1 atom stereocenters. The van der Waals surface area contributed by atoms with Gasteiger partial charge in [0.1, 0.15) is 6.33 Å². The zero-order chi connectivity index (χ0) is 10.6. The van der Waals surface area contributed by atoms with Crippen LogP contribution in [0.3, 0.4) is 0 Å². The van der Waals surface area contributed by atoms with E-state index >= 15 is 0 Å². The molecule has 0 saturated heterocycles. The standard InChI is InChI=1S/C10H20N4/c1-8(2)9(3)11-6-5-10-12-7-14(4)13-10/h7-9,11H,5-6H2,1-4H3. The molecule has 0 aliphatic rings. The van der Waals surface area contributed by atoms with Gasteiger partial charge in [-0.25, -0.2) is 4.98 Å². The predicted molar refractivity (Wildman–Crippen MR) is 57.0 cm³/mol. The highest BCUT2D eigenvalue weighted by Gasteiger charge is 2.06. The van der Waals surface area contributed by atoms with E-state index in [2.05, 4.69) is 36.2 Å². The van der Waals surface area contributed by atoms with Crippen LogP contribution in [0.25, 0.3) is 0 Å². The molecule has 1 heterocycles. The fourth-order valence-corrected chi connectivity index (χ4v) is 1.15. The van der Waals surface area contributed by atoms with Crippen molar-refractivity contribution < 1.29 is 0 Å². The lowest BCUT2D eigenvalue weighted by Gasteiger charge is -2.16. The second kappa shape index (κ2) is 5.10. The van der Waals surface area contributed by atoms with E-state index in [4.69, 9.17) is 0 Å². The number of nitrogens with one attached hydrogen (secondary N) is 1. The zero-order valence-electron chi connectivity index (χ0n) is 9.49. The van der Waals surface area contributed by atoms with Crippen LogP contribution in [-0.2, 0) is 13.5 Å². The molecule has 80 valence electrons. The van der Waals surface area contributed by atoms with Crippen LogP contribution >= 0.6 is 0 Å². The topological polar surface area (TPSA) is 42.7 Å². The third kappa shape index (κ3) is 3.46. The minimum atomic E-state index is 0.554. The van der Waals surface area contributed by atoms with Crippen molar-refractivity contribution in [3.05, 3.63) is 12.2 Å². The molecule has 0 spiro atoms. The summed E-state index contributed by atoms with van der Waals surface area (Å²) in [7, 11) is 1.89. The second-order valence-electron chi connectivity index (χ2n) is 4.07. The summed E-state index contributed by atoms with van der Waals surface area (Å²) in [5, 5.41) is 7.67. The first kappa shape index (κ1) is 11.2. The van der Waals surface area contributed by atoms with Gasteiger partial charge in [-0.3, -0.25) is 4.68 Å². The van der Waals surface area contributed by atoms with E-state index in [1.165, 1.54) is 0 Å². The number of nitrogens with zero attached hydrogens (tertiary/aromatic N) is 3. The first-order chi connectivity index (χ1) is 6.59. The number of hydrogen-bond acceptors (Lipinski definition) is 3. The maximum atomic E-state index is 4.22. The smallest absolute Gasteiger partial charge is 0.151 e. The molecule has 0 aromatic carbocycles. The molecule has 4 nitrogen and oxygen atoms in total. The molecule has 1 N–H and O–H groups in total. The highest BCUT2D eigenvalue weighted by atomic mass is 15.3. The third-order valence-electron chi connectivity index (χ3n) is 2.46. The van der Waals surface area contributed by atoms with Crippen molar-refractivity contribution >= 4 is 0 Å². The Hall–Kier alpha value is -0.900. The molecular weight excluding hydrogens is 176 g/mol. The molecule has 0 radical (unpaired) electrons. The molecule has 0 bridgehead atoms. The normalized spacial score (nSPS) is 13.5. The third-order valence-corrected chi connectivity index (χ3v) is 2.46. The summed E-state index contributed by atoms with van der Waals surface area (Å²) in [6, 6.07) is 0.554. The molecule has 0 amide bonds. The van der Waals surface area contributed by atoms with Gasteiger partial charge in [-0.05, 0) is 12.8 Å². The maximum Gasteiger partial charge on any atom is 0.151 e. The fourth-order valence-electron chi connectivity index (χ4n) is 1.15. The summed E-state index contributed by atoms with van der Waals surface area (Å²) in [5.74, 6) is 1.59. The van der Waals surface area contributed by atoms with Gasteiger partial charge in [-0.15, -0.1) is 0 Å². The summed E-state index contributed by atoms with van der Waals surface area (Å²) in [6.45, 7) is 7.59. The minimum absolute atomic E-state index is 0.554. The van der Waals surface area contributed by atoms with Crippen molar-refractivity contribution in [1.82, 2.24) is 20.1 Å². The first-order valence-corrected chi connectivity index (χ1v) is 5.17. The fraction of sp³-hybridized carbons (Fsp3) is 0.800. The molecule has 1 aromatic heterocycles. The molecule has 1 rings (SSSR count). The Morgan fingerprint density at radius 2 is 2.14 bits per heavy atom. The number of rotatable bonds is 5. The molecule has 14 heavy (non-hydrogen) atoms. The average molecular weight is 196 g/mol. The largest absolute Gasteiger partial charge is 0.314 e. The quantitative estimate of drug-likeness (QED) is 0.763. The molecule has 1 aromatic rings. The van der Waals surface area contributed by atoms with E-state index in [1.807, 2.05) is 7.05 Å². The maximum absolute atomic E-state index is 4.22. The first-order valence-electron chi connectivity index (χ1n) is 5.17. The summed E-state index contributed by atoms with van der Waals surface area (Å²) >= 11 is 0. The van der Waals surface area contributed by atoms with E-state index in [9.17, 15) is 0 Å². The number of aryl methyl sites for hydroxylation is 1. The predicted octanol–water partition coefficient (Wildman–Crippen LogP) is 0.992. The van der Waals surface area contributed by atoms with Crippen molar-refractivity contribution in [1.29, 1.82) is 0 Å². The van der Waals surface area contributed by atoms with Crippen LogP contribution in [0.5, 0.6) is 0 Å². The van der Waals surface area contributed by atoms with Gasteiger partial charge in [0.15, 0.2) is 5.82 Å². The lowest BCUT2D eigenvalue weighted by Crippen LogP contribution is -2.32. The molecule has 4 heteroatoms. The van der Waals surface area contributed by atoms with Gasteiger partial charge in [-0.2, -0.15) is 5.10 Å². The summed E-state index contributed by atoms with van der Waals surface area (Å²) in [4.78, 5) is 4.17. The highest BCUT2D eigenvalue weighted by molar-refractivity contribution is 4.82. The van der Waals surface area contributed by atoms with E-state index in [1.54, 1.807) is 11.0 Å². The Kier molecular flexibility index (Phi) is 4.07. The van der Waals surface area contributed by atoms with Crippen molar-refractivity contribution in [2.75, 3.05) is 6.54 Å². The second-order valence-corrected chi connectivity index (χ2v) is 4.07. The highest BCUT2D eigenvalue weighted by Crippen LogP contribution is 1.99. The Bertz CT molecular complexity index is 267. The molecule has 1 unspecified atom stereocenters. The number of hydrogen-bond donors (Lipinski definition) is 1. The van der Waals surface area contributed by atoms with Crippen molar-refractivity contribution in [3.8, 4) is 0 Å². The van der Waals surface area contributed by atoms with Crippen LogP contribution in [0.15, 0.2) is 6.33 Å². The van der Waals surface area contributed by atoms with E-state index < -0.39 is 0 Å². The lowest BCUT2D eigenvalue weighted by atomic mass is 10.1. The molecule has 0 fully saturated rings. The van der Waals surface area contributed by atoms with Gasteiger partial charge in [0.2, 0.25) is 0 Å². The van der Waals surface area contributed by atoms with E-state index in [-0.39, 0.29) is 0 Å². The zero-order valence-corrected chi connectivity index (χ0v) is 9.49. The van der Waals surface area contributed by atoms with E-state index in [0.29, 0.717) is 12.0 Å². The van der Waals surface area contributed by atoms with Gasteiger partial charge in [0, 0.05) is 26.1 Å². The molecule has 0 aliphatic carbocycles. The van der Waals surface area contributed by atoms with Crippen LogP contribution in [0.1, 0.15) is 26.6 Å². The summed E-state index contributed by atoms with van der Waals surface area (Å²) in [6.07, 6.45) is 2.64.